The molecule has 7 nitrogen and oxygen atoms in total. The fourth-order valence-electron chi connectivity index (χ4n) is 6.00. The number of nitrogens with one attached hydrogen (secondary N) is 1. The number of ether oxygens (including phenoxy) is 2. The van der Waals surface area contributed by atoms with Gasteiger partial charge in [0.25, 0.3) is 5.91 Å². The Labute approximate surface area is 190 Å². The van der Waals surface area contributed by atoms with Gasteiger partial charge in [0.15, 0.2) is 0 Å². The zero-order chi connectivity index (χ0) is 22.8. The summed E-state index contributed by atoms with van der Waals surface area (Å²) in [6.45, 7) is 8.80. The van der Waals surface area contributed by atoms with E-state index in [4.69, 9.17) is 9.47 Å². The second-order valence-corrected chi connectivity index (χ2v) is 10.3. The zero-order valence-corrected chi connectivity index (χ0v) is 19.8. The van der Waals surface area contributed by atoms with Crippen LogP contribution in [0.15, 0.2) is 17.8 Å². The molecular weight excluding hydrogens is 406 g/mol. The van der Waals surface area contributed by atoms with E-state index in [0.29, 0.717) is 54.5 Å². The van der Waals surface area contributed by atoms with Crippen LogP contribution in [0.3, 0.4) is 0 Å². The summed E-state index contributed by atoms with van der Waals surface area (Å²) < 4.78 is 12.7. The highest BCUT2D eigenvalue weighted by molar-refractivity contribution is 5.96. The van der Waals surface area contributed by atoms with Crippen LogP contribution >= 0.6 is 0 Å². The Balaban J connectivity index is 1.49. The summed E-state index contributed by atoms with van der Waals surface area (Å²) in [5.41, 5.74) is 0.985. The number of allylic oxidation sites excluding steroid dienone is 1. The van der Waals surface area contributed by atoms with Crippen molar-refractivity contribution >= 4 is 11.9 Å². The van der Waals surface area contributed by atoms with Crippen LogP contribution in [0.5, 0.6) is 5.88 Å². The summed E-state index contributed by atoms with van der Waals surface area (Å²) in [6.07, 6.45) is 9.77. The van der Waals surface area contributed by atoms with Crippen LogP contribution in [0.2, 0.25) is 0 Å². The first-order chi connectivity index (χ1) is 15.4. The second-order valence-electron chi connectivity index (χ2n) is 10.3. The summed E-state index contributed by atoms with van der Waals surface area (Å²) in [5.74, 6) is 3.30. The first-order valence-corrected chi connectivity index (χ1v) is 12.2. The normalized spacial score (nSPS) is 28.8. The van der Waals surface area contributed by atoms with Gasteiger partial charge < -0.3 is 14.8 Å². The van der Waals surface area contributed by atoms with E-state index in [0.717, 1.165) is 11.8 Å². The van der Waals surface area contributed by atoms with E-state index in [-0.39, 0.29) is 17.9 Å². The molecule has 1 amide bonds. The third kappa shape index (κ3) is 4.86. The predicted molar refractivity (Wildman–Crippen MR) is 121 cm³/mol. The van der Waals surface area contributed by atoms with Crippen molar-refractivity contribution in [3.8, 4) is 5.88 Å². The van der Waals surface area contributed by atoms with E-state index in [1.54, 1.807) is 30.8 Å². The number of carbonyl (C=O) groups is 2. The molecule has 0 radical (unpaired) electrons. The van der Waals surface area contributed by atoms with Crippen molar-refractivity contribution in [2.45, 2.75) is 72.4 Å². The molecule has 1 heterocycles. The lowest BCUT2D eigenvalue weighted by molar-refractivity contribution is -0.138. The van der Waals surface area contributed by atoms with Crippen molar-refractivity contribution in [1.82, 2.24) is 15.1 Å². The molecule has 0 aromatic carbocycles. The lowest BCUT2D eigenvalue weighted by Gasteiger charge is -2.54. The lowest BCUT2D eigenvalue weighted by Crippen LogP contribution is -2.55. The fraction of sp³-hybridized carbons (Fsp3) is 0.720. The monoisotopic (exact) mass is 443 g/mol. The van der Waals surface area contributed by atoms with Crippen molar-refractivity contribution < 1.29 is 19.1 Å². The van der Waals surface area contributed by atoms with Crippen LogP contribution in [0.4, 0.5) is 0 Å². The van der Waals surface area contributed by atoms with Crippen molar-refractivity contribution in [3.63, 3.8) is 0 Å². The molecule has 5 rings (SSSR count). The van der Waals surface area contributed by atoms with E-state index in [1.165, 1.54) is 32.1 Å². The van der Waals surface area contributed by atoms with E-state index < -0.39 is 0 Å². The molecule has 0 atom stereocenters. The molecule has 0 aliphatic heterocycles. The van der Waals surface area contributed by atoms with Crippen molar-refractivity contribution in [2.24, 2.45) is 29.6 Å². The molecule has 176 valence electrons. The average Bonchev–Trinajstić information content (AvgIpc) is 3.15. The maximum absolute atomic E-state index is 13.3. The maximum atomic E-state index is 13.3. The van der Waals surface area contributed by atoms with Gasteiger partial charge in [0.1, 0.15) is 5.56 Å². The van der Waals surface area contributed by atoms with Gasteiger partial charge in [-0.3, -0.25) is 4.79 Å². The van der Waals surface area contributed by atoms with Gasteiger partial charge >= 0.3 is 5.97 Å². The molecule has 0 spiro atoms. The fourth-order valence-corrected chi connectivity index (χ4v) is 6.00. The first-order valence-electron chi connectivity index (χ1n) is 12.2. The minimum Gasteiger partial charge on any atom is -0.477 e. The number of nitrogens with zero attached hydrogens (tertiary/aromatic N) is 2. The summed E-state index contributed by atoms with van der Waals surface area (Å²) in [7, 11) is 0. The largest absolute Gasteiger partial charge is 0.477 e. The third-order valence-corrected chi connectivity index (χ3v) is 7.28. The molecule has 4 aliphatic rings. The van der Waals surface area contributed by atoms with E-state index in [9.17, 15) is 9.59 Å². The zero-order valence-electron chi connectivity index (χ0n) is 19.8. The second kappa shape index (κ2) is 9.67. The van der Waals surface area contributed by atoms with Gasteiger partial charge in [-0.1, -0.05) is 19.9 Å². The standard InChI is InChI=1S/C25H37N3O4/c1-5-31-25(30)16(4)6-7-28-24(32-14-15(2)3)21(13-26-28)23(29)27-22-19-9-17-8-18(11-19)12-20(22)10-17/h6,13,15,17-20,22H,5,7-12,14H2,1-4H3,(H,27,29)/b16-6+. The van der Waals surface area contributed by atoms with Crippen LogP contribution in [0.25, 0.3) is 0 Å². The van der Waals surface area contributed by atoms with Crippen LogP contribution in [-0.2, 0) is 16.1 Å². The maximum Gasteiger partial charge on any atom is 0.333 e. The highest BCUT2D eigenvalue weighted by atomic mass is 16.5. The summed E-state index contributed by atoms with van der Waals surface area (Å²) in [6, 6.07) is 0.266. The molecule has 1 N–H and O–H groups in total. The van der Waals surface area contributed by atoms with E-state index in [1.807, 2.05) is 0 Å². The van der Waals surface area contributed by atoms with Crippen LogP contribution < -0.4 is 10.1 Å². The van der Waals surface area contributed by atoms with Crippen molar-refractivity contribution in [3.05, 3.63) is 23.4 Å². The predicted octanol–water partition coefficient (Wildman–Crippen LogP) is 3.98. The Kier molecular flexibility index (Phi) is 6.91. The molecule has 0 saturated heterocycles. The Bertz CT molecular complexity index is 845. The van der Waals surface area contributed by atoms with E-state index >= 15 is 0 Å². The van der Waals surface area contributed by atoms with Gasteiger partial charge in [0, 0.05) is 11.6 Å². The smallest absolute Gasteiger partial charge is 0.333 e. The number of esters is 1. The Morgan fingerprint density at radius 3 is 2.44 bits per heavy atom. The molecule has 4 aliphatic carbocycles. The van der Waals surface area contributed by atoms with E-state index in [2.05, 4.69) is 24.3 Å². The van der Waals surface area contributed by atoms with Crippen molar-refractivity contribution in [2.75, 3.05) is 13.2 Å². The number of rotatable bonds is 9. The van der Waals surface area contributed by atoms with Crippen LogP contribution in [0.1, 0.15) is 70.2 Å². The van der Waals surface area contributed by atoms with Gasteiger partial charge in [-0.2, -0.15) is 5.10 Å². The quantitative estimate of drug-likeness (QED) is 0.461. The number of amides is 1. The van der Waals surface area contributed by atoms with Crippen LogP contribution in [-0.4, -0.2) is 40.9 Å². The molecule has 1 aromatic rings. The Morgan fingerprint density at radius 2 is 1.84 bits per heavy atom. The Hall–Kier alpha value is -2.31. The van der Waals surface area contributed by atoms with Crippen LogP contribution in [0, 0.1) is 29.6 Å². The number of aromatic nitrogens is 2. The molecule has 32 heavy (non-hydrogen) atoms. The van der Waals surface area contributed by atoms with Gasteiger partial charge in [-0.05, 0) is 75.5 Å². The van der Waals surface area contributed by atoms with Gasteiger partial charge in [0.2, 0.25) is 5.88 Å². The summed E-state index contributed by atoms with van der Waals surface area (Å²) in [4.78, 5) is 25.2. The first kappa shape index (κ1) is 22.9. The highest BCUT2D eigenvalue weighted by Gasteiger charge is 2.48. The highest BCUT2D eigenvalue weighted by Crippen LogP contribution is 2.53. The van der Waals surface area contributed by atoms with Gasteiger partial charge in [0.05, 0.1) is 26.0 Å². The lowest BCUT2D eigenvalue weighted by atomic mass is 9.54. The third-order valence-electron chi connectivity index (χ3n) is 7.28. The molecular formula is C25H37N3O4. The topological polar surface area (TPSA) is 82.5 Å². The van der Waals surface area contributed by atoms with Gasteiger partial charge in [-0.25, -0.2) is 9.48 Å². The van der Waals surface area contributed by atoms with Gasteiger partial charge in [-0.15, -0.1) is 0 Å². The molecule has 0 unspecified atom stereocenters. The SMILES string of the molecule is CCOC(=O)/C(C)=C/Cn1ncc(C(=O)NC2C3CC4CC(C3)CC2C4)c1OCC(C)C. The number of carbonyl (C=O) groups excluding carboxylic acids is 2. The average molecular weight is 444 g/mol. The minimum absolute atomic E-state index is 0.0985. The number of hydrogen-bond acceptors (Lipinski definition) is 5. The number of hydrogen-bond donors (Lipinski definition) is 1. The molecule has 7 heteroatoms. The van der Waals surface area contributed by atoms with Crippen molar-refractivity contribution in [1.29, 1.82) is 0 Å². The minimum atomic E-state index is -0.343. The molecule has 1 aromatic heterocycles. The summed E-state index contributed by atoms with van der Waals surface area (Å²) >= 11 is 0. The summed E-state index contributed by atoms with van der Waals surface area (Å²) in [5, 5.41) is 7.77. The molecule has 4 saturated carbocycles. The Morgan fingerprint density at radius 1 is 1.19 bits per heavy atom. The molecule has 4 fully saturated rings. The molecule has 4 bridgehead atoms.